The standard InChI is InChI=1S/C21H29N3O2/c1-3-5-6-13-26-17-8-7-16(14-18(17)25-4-2)20-21-19(22-23-20)15-9-11-24(21)12-10-15/h7-8,14-15H,3-6,9-13H2,1-2H3,(H,22,23). The highest BCUT2D eigenvalue weighted by Gasteiger charge is 2.35. The van der Waals surface area contributed by atoms with Crippen LogP contribution in [0.2, 0.25) is 0 Å². The van der Waals surface area contributed by atoms with Crippen molar-refractivity contribution < 1.29 is 9.47 Å². The van der Waals surface area contributed by atoms with Gasteiger partial charge in [-0.15, -0.1) is 0 Å². The average molecular weight is 355 g/mol. The number of ether oxygens (including phenoxy) is 2. The van der Waals surface area contributed by atoms with Crippen molar-refractivity contribution in [1.82, 2.24) is 10.2 Å². The lowest BCUT2D eigenvalue weighted by atomic mass is 9.86. The molecule has 0 aliphatic carbocycles. The smallest absolute Gasteiger partial charge is 0.161 e. The van der Waals surface area contributed by atoms with Gasteiger partial charge in [0.25, 0.3) is 0 Å². The van der Waals surface area contributed by atoms with Gasteiger partial charge in [0.1, 0.15) is 5.69 Å². The monoisotopic (exact) mass is 355 g/mol. The molecule has 5 heteroatoms. The van der Waals surface area contributed by atoms with E-state index >= 15 is 0 Å². The van der Waals surface area contributed by atoms with Gasteiger partial charge in [-0.05, 0) is 44.4 Å². The first kappa shape index (κ1) is 17.3. The van der Waals surface area contributed by atoms with Crippen LogP contribution in [0.25, 0.3) is 11.3 Å². The summed E-state index contributed by atoms with van der Waals surface area (Å²) in [5.74, 6) is 2.29. The van der Waals surface area contributed by atoms with Crippen molar-refractivity contribution >= 4 is 5.69 Å². The van der Waals surface area contributed by atoms with Crippen LogP contribution in [0.15, 0.2) is 18.2 Å². The number of benzene rings is 1. The van der Waals surface area contributed by atoms with E-state index in [2.05, 4.69) is 34.2 Å². The van der Waals surface area contributed by atoms with Crippen LogP contribution in [0.3, 0.4) is 0 Å². The van der Waals surface area contributed by atoms with Crippen LogP contribution in [0.4, 0.5) is 5.69 Å². The predicted molar refractivity (Wildman–Crippen MR) is 104 cm³/mol. The summed E-state index contributed by atoms with van der Waals surface area (Å²) in [5, 5.41) is 7.97. The summed E-state index contributed by atoms with van der Waals surface area (Å²) in [4.78, 5) is 2.48. The second kappa shape index (κ2) is 7.60. The Labute approximate surface area is 155 Å². The molecule has 0 unspecified atom stereocenters. The Morgan fingerprint density at radius 1 is 1.12 bits per heavy atom. The number of anilines is 1. The molecule has 0 atom stereocenters. The van der Waals surface area contributed by atoms with Gasteiger partial charge in [-0.2, -0.15) is 5.10 Å². The molecule has 1 N–H and O–H groups in total. The largest absolute Gasteiger partial charge is 0.490 e. The molecular formula is C21H29N3O2. The number of piperidine rings is 1. The SMILES string of the molecule is CCCCCOc1ccc(-c2n[nH]c3c2N2CCC3CC2)cc1OCC. The summed E-state index contributed by atoms with van der Waals surface area (Å²) in [5.41, 5.74) is 4.75. The molecule has 0 amide bonds. The summed E-state index contributed by atoms with van der Waals surface area (Å²) < 4.78 is 11.8. The highest BCUT2D eigenvalue weighted by molar-refractivity contribution is 5.80. The fourth-order valence-corrected chi connectivity index (χ4v) is 4.12. The molecule has 3 aliphatic heterocycles. The topological polar surface area (TPSA) is 50.4 Å². The van der Waals surface area contributed by atoms with Crippen molar-refractivity contribution in [2.24, 2.45) is 0 Å². The van der Waals surface area contributed by atoms with Crippen LogP contribution >= 0.6 is 0 Å². The number of rotatable bonds is 8. The molecule has 5 nitrogen and oxygen atoms in total. The van der Waals surface area contributed by atoms with Gasteiger partial charge in [0, 0.05) is 24.6 Å². The molecule has 1 aromatic carbocycles. The number of hydrogen-bond donors (Lipinski definition) is 1. The molecular weight excluding hydrogens is 326 g/mol. The summed E-state index contributed by atoms with van der Waals surface area (Å²) in [6, 6.07) is 6.22. The van der Waals surface area contributed by atoms with Gasteiger partial charge in [0.2, 0.25) is 0 Å². The fraction of sp³-hybridized carbons (Fsp3) is 0.571. The van der Waals surface area contributed by atoms with E-state index in [4.69, 9.17) is 9.47 Å². The Morgan fingerprint density at radius 2 is 1.96 bits per heavy atom. The van der Waals surface area contributed by atoms with Crippen LogP contribution in [0.1, 0.15) is 57.6 Å². The third-order valence-electron chi connectivity index (χ3n) is 5.51. The van der Waals surface area contributed by atoms with Gasteiger partial charge in [0.05, 0.1) is 24.6 Å². The van der Waals surface area contributed by atoms with E-state index in [9.17, 15) is 0 Å². The normalized spacial score (nSPS) is 16.0. The lowest BCUT2D eigenvalue weighted by molar-refractivity contribution is 0.271. The van der Waals surface area contributed by atoms with E-state index in [1.165, 1.54) is 37.1 Å². The van der Waals surface area contributed by atoms with Crippen molar-refractivity contribution in [2.45, 2.75) is 51.9 Å². The molecule has 0 spiro atoms. The first-order valence-corrected chi connectivity index (χ1v) is 10.0. The number of hydrogen-bond acceptors (Lipinski definition) is 4. The van der Waals surface area contributed by atoms with Crippen molar-refractivity contribution in [2.75, 3.05) is 31.2 Å². The van der Waals surface area contributed by atoms with Gasteiger partial charge >= 0.3 is 0 Å². The molecule has 26 heavy (non-hydrogen) atoms. The maximum Gasteiger partial charge on any atom is 0.161 e. The van der Waals surface area contributed by atoms with E-state index in [1.807, 2.05) is 13.0 Å². The van der Waals surface area contributed by atoms with Crippen LogP contribution in [-0.4, -0.2) is 36.5 Å². The van der Waals surface area contributed by atoms with E-state index in [1.54, 1.807) is 0 Å². The second-order valence-electron chi connectivity index (χ2n) is 7.25. The van der Waals surface area contributed by atoms with Crippen molar-refractivity contribution in [3.63, 3.8) is 0 Å². The first-order valence-electron chi connectivity index (χ1n) is 10.0. The molecule has 2 bridgehead atoms. The minimum atomic E-state index is 0.627. The van der Waals surface area contributed by atoms with Gasteiger partial charge in [-0.25, -0.2) is 0 Å². The zero-order valence-corrected chi connectivity index (χ0v) is 15.9. The molecule has 2 aromatic rings. The minimum absolute atomic E-state index is 0.627. The number of unbranched alkanes of at least 4 members (excludes halogenated alkanes) is 2. The molecule has 5 rings (SSSR count). The Kier molecular flexibility index (Phi) is 5.05. The molecule has 140 valence electrons. The minimum Gasteiger partial charge on any atom is -0.490 e. The Balaban J connectivity index is 1.61. The van der Waals surface area contributed by atoms with Crippen LogP contribution < -0.4 is 14.4 Å². The highest BCUT2D eigenvalue weighted by Crippen LogP contribution is 2.46. The Hall–Kier alpha value is -2.17. The average Bonchev–Trinajstić information content (AvgIpc) is 3.15. The maximum absolute atomic E-state index is 5.96. The number of fused-ring (bicyclic) bond motifs is 2. The second-order valence-corrected chi connectivity index (χ2v) is 7.25. The molecule has 0 radical (unpaired) electrons. The number of aromatic amines is 1. The first-order chi connectivity index (χ1) is 12.8. The highest BCUT2D eigenvalue weighted by atomic mass is 16.5. The van der Waals surface area contributed by atoms with Crippen molar-refractivity contribution in [3.05, 3.63) is 23.9 Å². The third kappa shape index (κ3) is 3.15. The fourth-order valence-electron chi connectivity index (χ4n) is 4.12. The summed E-state index contributed by atoms with van der Waals surface area (Å²) >= 11 is 0. The zero-order chi connectivity index (χ0) is 17.9. The molecule has 3 aliphatic rings. The lowest BCUT2D eigenvalue weighted by Gasteiger charge is -2.40. The summed E-state index contributed by atoms with van der Waals surface area (Å²) in [7, 11) is 0. The Morgan fingerprint density at radius 3 is 2.73 bits per heavy atom. The van der Waals surface area contributed by atoms with E-state index in [0.29, 0.717) is 12.5 Å². The van der Waals surface area contributed by atoms with Gasteiger partial charge in [-0.3, -0.25) is 5.10 Å². The quantitative estimate of drug-likeness (QED) is 0.695. The van der Waals surface area contributed by atoms with E-state index < -0.39 is 0 Å². The van der Waals surface area contributed by atoms with Gasteiger partial charge in [0.15, 0.2) is 11.5 Å². The summed E-state index contributed by atoms with van der Waals surface area (Å²) in [6.45, 7) is 7.85. The van der Waals surface area contributed by atoms with Crippen LogP contribution in [-0.2, 0) is 0 Å². The number of nitrogens with zero attached hydrogens (tertiary/aromatic N) is 2. The van der Waals surface area contributed by atoms with Crippen molar-refractivity contribution in [1.29, 1.82) is 0 Å². The number of nitrogens with one attached hydrogen (secondary N) is 1. The Bertz CT molecular complexity index is 748. The molecule has 4 heterocycles. The number of H-pyrrole nitrogens is 1. The van der Waals surface area contributed by atoms with Gasteiger partial charge in [-0.1, -0.05) is 19.8 Å². The van der Waals surface area contributed by atoms with Crippen molar-refractivity contribution in [3.8, 4) is 22.8 Å². The molecule has 1 saturated heterocycles. The third-order valence-corrected chi connectivity index (χ3v) is 5.51. The van der Waals surface area contributed by atoms with Gasteiger partial charge < -0.3 is 14.4 Å². The predicted octanol–water partition coefficient (Wildman–Crippen LogP) is 4.74. The summed E-state index contributed by atoms with van der Waals surface area (Å²) in [6.07, 6.45) is 5.95. The molecule has 1 fully saturated rings. The maximum atomic E-state index is 5.96. The van der Waals surface area contributed by atoms with Crippen LogP contribution in [0, 0.1) is 0 Å². The van der Waals surface area contributed by atoms with E-state index in [-0.39, 0.29) is 0 Å². The zero-order valence-electron chi connectivity index (χ0n) is 15.9. The number of aromatic nitrogens is 2. The lowest BCUT2D eigenvalue weighted by Crippen LogP contribution is -2.38. The molecule has 0 saturated carbocycles. The van der Waals surface area contributed by atoms with Crippen LogP contribution in [0.5, 0.6) is 11.5 Å². The van der Waals surface area contributed by atoms with E-state index in [0.717, 1.165) is 48.9 Å². The molecule has 1 aromatic heterocycles.